The zero-order valence-electron chi connectivity index (χ0n) is 11.7. The minimum absolute atomic E-state index is 0.133. The predicted molar refractivity (Wildman–Crippen MR) is 84.8 cm³/mol. The summed E-state index contributed by atoms with van der Waals surface area (Å²) < 4.78 is 27.0. The van der Waals surface area contributed by atoms with E-state index in [-0.39, 0.29) is 5.75 Å². The van der Waals surface area contributed by atoms with E-state index in [4.69, 9.17) is 0 Å². The van der Waals surface area contributed by atoms with Gasteiger partial charge in [-0.05, 0) is 37.9 Å². The van der Waals surface area contributed by atoms with Crippen LogP contribution in [-0.2, 0) is 10.0 Å². The van der Waals surface area contributed by atoms with Crippen molar-refractivity contribution in [3.63, 3.8) is 0 Å². The molecule has 0 amide bonds. The third-order valence-corrected chi connectivity index (χ3v) is 4.90. The van der Waals surface area contributed by atoms with Gasteiger partial charge in [-0.2, -0.15) is 0 Å². The molecule has 0 radical (unpaired) electrons. The highest BCUT2D eigenvalue weighted by atomic mass is 32.2. The summed E-state index contributed by atoms with van der Waals surface area (Å²) in [5.74, 6) is 0.133. The van der Waals surface area contributed by atoms with Crippen LogP contribution >= 0.6 is 0 Å². The number of nitrogens with one attached hydrogen (secondary N) is 2. The lowest BCUT2D eigenvalue weighted by Crippen LogP contribution is -2.23. The summed E-state index contributed by atoms with van der Waals surface area (Å²) in [6.45, 7) is 0.755. The first-order valence-electron chi connectivity index (χ1n) is 7.21. The Morgan fingerprint density at radius 2 is 2.10 bits per heavy atom. The largest absolute Gasteiger partial charge is 0.314 e. The van der Waals surface area contributed by atoms with Crippen molar-refractivity contribution in [2.75, 3.05) is 17.0 Å². The number of hydrogen-bond acceptors (Lipinski definition) is 4. The van der Waals surface area contributed by atoms with E-state index in [0.29, 0.717) is 18.2 Å². The molecule has 0 aliphatic heterocycles. The van der Waals surface area contributed by atoms with E-state index in [9.17, 15) is 8.42 Å². The standard InChI is InChI=1S/C15H19N3O2S/c19-21(20,10-2-8-17-13-5-6-13)18-15-4-1-3-12-11-16-9-7-14(12)15/h1,3-4,7,9,11,13,17-18H,2,5-6,8,10H2. The van der Waals surface area contributed by atoms with Crippen molar-refractivity contribution in [1.29, 1.82) is 0 Å². The molecular formula is C15H19N3O2S. The normalized spacial score (nSPS) is 15.2. The van der Waals surface area contributed by atoms with Crippen molar-refractivity contribution < 1.29 is 8.42 Å². The third kappa shape index (κ3) is 3.92. The fourth-order valence-corrected chi connectivity index (χ4v) is 3.43. The van der Waals surface area contributed by atoms with Gasteiger partial charge in [-0.1, -0.05) is 12.1 Å². The first kappa shape index (κ1) is 14.3. The van der Waals surface area contributed by atoms with Crippen molar-refractivity contribution in [2.24, 2.45) is 0 Å². The molecule has 0 saturated heterocycles. The minimum Gasteiger partial charge on any atom is -0.314 e. The van der Waals surface area contributed by atoms with Crippen LogP contribution in [0.3, 0.4) is 0 Å². The van der Waals surface area contributed by atoms with Crippen LogP contribution in [0.4, 0.5) is 5.69 Å². The van der Waals surface area contributed by atoms with E-state index < -0.39 is 10.0 Å². The molecule has 1 aliphatic carbocycles. The summed E-state index contributed by atoms with van der Waals surface area (Å²) in [7, 11) is -3.31. The number of pyridine rings is 1. The Hall–Kier alpha value is -1.66. The number of nitrogens with zero attached hydrogens (tertiary/aromatic N) is 1. The average Bonchev–Trinajstić information content (AvgIpc) is 3.28. The Morgan fingerprint density at radius 1 is 1.24 bits per heavy atom. The van der Waals surface area contributed by atoms with E-state index in [1.807, 2.05) is 18.2 Å². The second kappa shape index (κ2) is 5.99. The van der Waals surface area contributed by atoms with E-state index in [1.54, 1.807) is 18.5 Å². The highest BCUT2D eigenvalue weighted by molar-refractivity contribution is 7.92. The maximum absolute atomic E-state index is 12.1. The van der Waals surface area contributed by atoms with Crippen LogP contribution in [0.5, 0.6) is 0 Å². The lowest BCUT2D eigenvalue weighted by Gasteiger charge is -2.10. The molecule has 2 aromatic rings. The van der Waals surface area contributed by atoms with Crippen molar-refractivity contribution >= 4 is 26.5 Å². The van der Waals surface area contributed by atoms with Crippen molar-refractivity contribution in [3.05, 3.63) is 36.7 Å². The molecule has 6 heteroatoms. The average molecular weight is 305 g/mol. The maximum atomic E-state index is 12.1. The first-order valence-corrected chi connectivity index (χ1v) is 8.86. The molecule has 1 heterocycles. The highest BCUT2D eigenvalue weighted by Gasteiger charge is 2.20. The molecule has 3 rings (SSSR count). The monoisotopic (exact) mass is 305 g/mol. The van der Waals surface area contributed by atoms with Crippen LogP contribution in [0.1, 0.15) is 19.3 Å². The van der Waals surface area contributed by atoms with Crippen LogP contribution in [0, 0.1) is 0 Å². The van der Waals surface area contributed by atoms with E-state index in [1.165, 1.54) is 12.8 Å². The van der Waals surface area contributed by atoms with Crippen molar-refractivity contribution in [2.45, 2.75) is 25.3 Å². The molecule has 2 N–H and O–H groups in total. The minimum atomic E-state index is -3.31. The first-order chi connectivity index (χ1) is 10.1. The summed E-state index contributed by atoms with van der Waals surface area (Å²) in [6, 6.07) is 7.96. The topological polar surface area (TPSA) is 71.1 Å². The molecule has 1 saturated carbocycles. The molecule has 21 heavy (non-hydrogen) atoms. The fraction of sp³-hybridized carbons (Fsp3) is 0.400. The summed E-state index contributed by atoms with van der Waals surface area (Å²) in [4.78, 5) is 4.05. The van der Waals surface area contributed by atoms with Gasteiger partial charge in [0, 0.05) is 29.2 Å². The Kier molecular flexibility index (Phi) is 4.07. The zero-order valence-corrected chi connectivity index (χ0v) is 12.6. The number of hydrogen-bond donors (Lipinski definition) is 2. The van der Waals surface area contributed by atoms with Gasteiger partial charge in [-0.3, -0.25) is 9.71 Å². The summed E-state index contributed by atoms with van der Waals surface area (Å²) >= 11 is 0. The Morgan fingerprint density at radius 3 is 2.90 bits per heavy atom. The van der Waals surface area contributed by atoms with Crippen LogP contribution < -0.4 is 10.0 Å². The molecule has 1 fully saturated rings. The number of fused-ring (bicyclic) bond motifs is 1. The Bertz CT molecular complexity index is 721. The van der Waals surface area contributed by atoms with E-state index in [0.717, 1.165) is 17.3 Å². The number of aromatic nitrogens is 1. The van der Waals surface area contributed by atoms with Gasteiger partial charge in [0.1, 0.15) is 0 Å². The predicted octanol–water partition coefficient (Wildman–Crippen LogP) is 2.12. The van der Waals surface area contributed by atoms with Crippen molar-refractivity contribution in [3.8, 4) is 0 Å². The number of anilines is 1. The zero-order chi connectivity index (χ0) is 14.7. The molecule has 1 aromatic carbocycles. The smallest absolute Gasteiger partial charge is 0.232 e. The molecular weight excluding hydrogens is 286 g/mol. The van der Waals surface area contributed by atoms with Crippen molar-refractivity contribution in [1.82, 2.24) is 10.3 Å². The second-order valence-electron chi connectivity index (χ2n) is 5.41. The van der Waals surface area contributed by atoms with Crippen LogP contribution in [0.25, 0.3) is 10.8 Å². The van der Waals surface area contributed by atoms with Gasteiger partial charge in [0.15, 0.2) is 0 Å². The van der Waals surface area contributed by atoms with Gasteiger partial charge in [-0.15, -0.1) is 0 Å². The Balaban J connectivity index is 1.65. The summed E-state index contributed by atoms with van der Waals surface area (Å²) in [5.41, 5.74) is 0.616. The van der Waals surface area contributed by atoms with Gasteiger partial charge < -0.3 is 5.32 Å². The fourth-order valence-electron chi connectivity index (χ4n) is 2.29. The van der Waals surface area contributed by atoms with Gasteiger partial charge in [0.05, 0.1) is 11.4 Å². The number of sulfonamides is 1. The van der Waals surface area contributed by atoms with Gasteiger partial charge in [0.2, 0.25) is 10.0 Å². The molecule has 0 atom stereocenters. The van der Waals surface area contributed by atoms with Crippen LogP contribution in [0.15, 0.2) is 36.7 Å². The molecule has 0 bridgehead atoms. The Labute approximate surface area is 124 Å². The lowest BCUT2D eigenvalue weighted by atomic mass is 10.1. The van der Waals surface area contributed by atoms with Gasteiger partial charge in [0.25, 0.3) is 0 Å². The second-order valence-corrected chi connectivity index (χ2v) is 7.25. The molecule has 0 spiro atoms. The SMILES string of the molecule is O=S(=O)(CCCNC1CC1)Nc1cccc2cnccc12. The van der Waals surface area contributed by atoms with E-state index in [2.05, 4.69) is 15.0 Å². The van der Waals surface area contributed by atoms with Crippen LogP contribution in [-0.4, -0.2) is 31.7 Å². The highest BCUT2D eigenvalue weighted by Crippen LogP contribution is 2.23. The maximum Gasteiger partial charge on any atom is 0.232 e. The third-order valence-electron chi connectivity index (χ3n) is 3.55. The molecule has 1 aliphatic rings. The van der Waals surface area contributed by atoms with Crippen LogP contribution in [0.2, 0.25) is 0 Å². The molecule has 5 nitrogen and oxygen atoms in total. The molecule has 1 aromatic heterocycles. The molecule has 112 valence electrons. The quantitative estimate of drug-likeness (QED) is 0.769. The number of benzene rings is 1. The summed E-state index contributed by atoms with van der Waals surface area (Å²) in [6.07, 6.45) is 6.45. The van der Waals surface area contributed by atoms with Gasteiger partial charge in [-0.25, -0.2) is 8.42 Å². The van der Waals surface area contributed by atoms with E-state index >= 15 is 0 Å². The number of rotatable bonds is 7. The lowest BCUT2D eigenvalue weighted by molar-refractivity contribution is 0.593. The van der Waals surface area contributed by atoms with Gasteiger partial charge >= 0.3 is 0 Å². The molecule has 0 unspecified atom stereocenters. The summed E-state index contributed by atoms with van der Waals surface area (Å²) in [5, 5.41) is 5.11.